The van der Waals surface area contributed by atoms with Crippen molar-refractivity contribution < 1.29 is 29.4 Å². The Balaban J connectivity index is 1.75. The molecule has 0 fully saturated rings. The molecule has 4 atom stereocenters. The number of phenolic OH excluding ortho intramolecular Hbond substituents is 1. The Labute approximate surface area is 249 Å². The summed E-state index contributed by atoms with van der Waals surface area (Å²) in [5.41, 5.74) is 14.3. The highest BCUT2D eigenvalue weighted by Gasteiger charge is 2.30. The highest BCUT2D eigenvalue weighted by molar-refractivity contribution is 7.80. The van der Waals surface area contributed by atoms with Crippen molar-refractivity contribution in [3.05, 3.63) is 65.9 Å². The zero-order chi connectivity index (χ0) is 30.6. The van der Waals surface area contributed by atoms with Crippen molar-refractivity contribution >= 4 is 47.2 Å². The van der Waals surface area contributed by atoms with Gasteiger partial charge >= 0.3 is 5.97 Å². The maximum atomic E-state index is 13.5. The van der Waals surface area contributed by atoms with E-state index in [1.165, 1.54) is 12.1 Å². The number of carboxylic acid groups (broad SMARTS) is 1. The van der Waals surface area contributed by atoms with E-state index in [-0.39, 0.29) is 30.8 Å². The third-order valence-electron chi connectivity index (χ3n) is 6.84. The summed E-state index contributed by atoms with van der Waals surface area (Å²) in [5, 5.41) is 27.7. The first-order valence-corrected chi connectivity index (χ1v) is 14.3. The smallest absolute Gasteiger partial charge is 0.327 e. The number of hydrogen-bond acceptors (Lipinski definition) is 8. The maximum Gasteiger partial charge on any atom is 0.327 e. The van der Waals surface area contributed by atoms with E-state index in [0.717, 1.165) is 16.5 Å². The van der Waals surface area contributed by atoms with Crippen LogP contribution in [0.2, 0.25) is 0 Å². The Morgan fingerprint density at radius 1 is 0.857 bits per heavy atom. The molecule has 12 nitrogen and oxygen atoms in total. The third-order valence-corrected chi connectivity index (χ3v) is 7.20. The van der Waals surface area contributed by atoms with Gasteiger partial charge in [-0.1, -0.05) is 30.3 Å². The molecule has 13 heteroatoms. The number of unbranched alkanes of at least 4 members (excludes halogenated alkanes) is 1. The number of carbonyl (C=O) groups excluding carboxylic acids is 3. The molecule has 1 heterocycles. The Kier molecular flexibility index (Phi) is 12.2. The van der Waals surface area contributed by atoms with Crippen LogP contribution in [0.4, 0.5) is 0 Å². The first-order chi connectivity index (χ1) is 20.1. The Morgan fingerprint density at radius 2 is 1.50 bits per heavy atom. The highest BCUT2D eigenvalue weighted by atomic mass is 32.1. The van der Waals surface area contributed by atoms with E-state index in [1.54, 1.807) is 18.3 Å². The number of aromatic hydroxyl groups is 1. The summed E-state index contributed by atoms with van der Waals surface area (Å²) < 4.78 is 0. The zero-order valence-electron chi connectivity index (χ0n) is 23.1. The predicted octanol–water partition coefficient (Wildman–Crippen LogP) is 0.584. The van der Waals surface area contributed by atoms with Crippen molar-refractivity contribution in [1.82, 2.24) is 20.9 Å². The molecular formula is C29H38N6O6S. The molecule has 1 aromatic heterocycles. The van der Waals surface area contributed by atoms with E-state index in [2.05, 4.69) is 33.6 Å². The summed E-state index contributed by atoms with van der Waals surface area (Å²) in [6, 6.07) is 9.25. The Hall–Kier alpha value is -4.07. The molecule has 0 aliphatic heterocycles. The number of carboxylic acids is 1. The summed E-state index contributed by atoms with van der Waals surface area (Å²) in [6.45, 7) is 0.397. The largest absolute Gasteiger partial charge is 0.508 e. The second-order valence-electron chi connectivity index (χ2n) is 10.0. The number of fused-ring (bicyclic) bond motifs is 1. The van der Waals surface area contributed by atoms with E-state index in [9.17, 15) is 29.4 Å². The number of benzene rings is 2. The van der Waals surface area contributed by atoms with Gasteiger partial charge in [-0.15, -0.1) is 0 Å². The second kappa shape index (κ2) is 15.8. The van der Waals surface area contributed by atoms with Gasteiger partial charge in [0.1, 0.15) is 23.9 Å². The van der Waals surface area contributed by atoms with Crippen LogP contribution in [0.15, 0.2) is 54.7 Å². The fourth-order valence-corrected chi connectivity index (χ4v) is 4.73. The lowest BCUT2D eigenvalue weighted by Crippen LogP contribution is -2.58. The van der Waals surface area contributed by atoms with Crippen molar-refractivity contribution in [1.29, 1.82) is 0 Å². The van der Waals surface area contributed by atoms with Crippen LogP contribution in [0.25, 0.3) is 10.9 Å². The van der Waals surface area contributed by atoms with Gasteiger partial charge < -0.3 is 42.6 Å². The summed E-state index contributed by atoms with van der Waals surface area (Å²) >= 11 is 3.98. The molecule has 0 aliphatic carbocycles. The fourth-order valence-electron chi connectivity index (χ4n) is 4.48. The zero-order valence-corrected chi connectivity index (χ0v) is 24.0. The average molecular weight is 599 g/mol. The van der Waals surface area contributed by atoms with Crippen LogP contribution in [-0.4, -0.2) is 75.4 Å². The van der Waals surface area contributed by atoms with Gasteiger partial charge in [0, 0.05) is 29.3 Å². The van der Waals surface area contributed by atoms with E-state index in [1.807, 2.05) is 24.3 Å². The van der Waals surface area contributed by atoms with Crippen molar-refractivity contribution in [3.8, 4) is 5.75 Å². The second-order valence-corrected chi connectivity index (χ2v) is 10.4. The number of aliphatic carboxylic acids is 1. The number of carbonyl (C=O) groups is 4. The number of amides is 3. The third kappa shape index (κ3) is 9.23. The molecule has 3 rings (SSSR count). The van der Waals surface area contributed by atoms with Crippen LogP contribution in [0.1, 0.15) is 30.4 Å². The topological polar surface area (TPSA) is 213 Å². The summed E-state index contributed by atoms with van der Waals surface area (Å²) in [7, 11) is 0. The van der Waals surface area contributed by atoms with Gasteiger partial charge in [-0.2, -0.15) is 12.6 Å². The standard InChI is InChI=1S/C29H38N6O6S/c30-12-4-3-7-23(33-26(37)21(31)14-18-15-32-22-6-2-1-5-20(18)22)27(38)34-24(13-17-8-10-19(36)11-9-17)28(39)35-25(16-42)29(40)41/h1-2,5-6,8-11,15,21,23-25,32,36,42H,3-4,7,12-14,16,30-31H2,(H,33,37)(H,34,38)(H,35,39)(H,40,41). The molecule has 2 aromatic carbocycles. The van der Waals surface area contributed by atoms with Crippen LogP contribution in [0, 0.1) is 0 Å². The minimum absolute atomic E-state index is 0.000305. The SMILES string of the molecule is NCCCCC(NC(=O)C(N)Cc1c[nH]c2ccccc12)C(=O)NC(Cc1ccc(O)cc1)C(=O)NC(CS)C(=O)O. The molecule has 42 heavy (non-hydrogen) atoms. The number of aromatic amines is 1. The van der Waals surface area contributed by atoms with Gasteiger partial charge in [0.05, 0.1) is 6.04 Å². The highest BCUT2D eigenvalue weighted by Crippen LogP contribution is 2.19. The molecule has 0 saturated carbocycles. The van der Waals surface area contributed by atoms with Gasteiger partial charge in [-0.25, -0.2) is 4.79 Å². The monoisotopic (exact) mass is 598 g/mol. The van der Waals surface area contributed by atoms with Crippen molar-refractivity contribution in [3.63, 3.8) is 0 Å². The molecule has 0 radical (unpaired) electrons. The molecule has 10 N–H and O–H groups in total. The first-order valence-electron chi connectivity index (χ1n) is 13.7. The molecule has 0 bridgehead atoms. The molecule has 3 aromatic rings. The Morgan fingerprint density at radius 3 is 2.17 bits per heavy atom. The average Bonchev–Trinajstić information content (AvgIpc) is 3.38. The number of aromatic nitrogens is 1. The molecule has 3 amide bonds. The van der Waals surface area contributed by atoms with Gasteiger partial charge in [0.2, 0.25) is 17.7 Å². The van der Waals surface area contributed by atoms with Crippen LogP contribution in [-0.2, 0) is 32.0 Å². The lowest BCUT2D eigenvalue weighted by atomic mass is 10.0. The molecule has 0 saturated heterocycles. The normalized spacial score (nSPS) is 14.0. The van der Waals surface area contributed by atoms with Crippen LogP contribution in [0.5, 0.6) is 5.75 Å². The number of nitrogens with one attached hydrogen (secondary N) is 4. The number of H-pyrrole nitrogens is 1. The lowest BCUT2D eigenvalue weighted by molar-refractivity contribution is -0.141. The summed E-state index contributed by atoms with van der Waals surface area (Å²) in [4.78, 5) is 54.4. The van der Waals surface area contributed by atoms with E-state index in [0.29, 0.717) is 24.9 Å². The molecule has 4 unspecified atom stereocenters. The maximum absolute atomic E-state index is 13.5. The van der Waals surface area contributed by atoms with E-state index < -0.39 is 47.9 Å². The molecular weight excluding hydrogens is 560 g/mol. The van der Waals surface area contributed by atoms with E-state index in [4.69, 9.17) is 11.5 Å². The van der Waals surface area contributed by atoms with Gasteiger partial charge in [-0.05, 0) is 61.6 Å². The minimum Gasteiger partial charge on any atom is -0.508 e. The lowest BCUT2D eigenvalue weighted by Gasteiger charge is -2.25. The molecule has 0 spiro atoms. The number of phenols is 1. The first kappa shape index (κ1) is 32.4. The quantitative estimate of drug-likeness (QED) is 0.0838. The van der Waals surface area contributed by atoms with Gasteiger partial charge in [0.15, 0.2) is 0 Å². The van der Waals surface area contributed by atoms with Crippen molar-refractivity contribution in [2.24, 2.45) is 11.5 Å². The Bertz CT molecular complexity index is 1360. The molecule has 226 valence electrons. The van der Waals surface area contributed by atoms with Crippen LogP contribution < -0.4 is 27.4 Å². The van der Waals surface area contributed by atoms with Crippen molar-refractivity contribution in [2.45, 2.75) is 56.3 Å². The van der Waals surface area contributed by atoms with Gasteiger partial charge in [0.25, 0.3) is 0 Å². The fraction of sp³-hybridized carbons (Fsp3) is 0.379. The van der Waals surface area contributed by atoms with E-state index >= 15 is 0 Å². The van der Waals surface area contributed by atoms with Crippen LogP contribution >= 0.6 is 12.6 Å². The minimum atomic E-state index is -1.28. The number of hydrogen-bond donors (Lipinski definition) is 9. The number of thiol groups is 1. The van der Waals surface area contributed by atoms with Crippen molar-refractivity contribution in [2.75, 3.05) is 12.3 Å². The number of rotatable bonds is 16. The van der Waals surface area contributed by atoms with Gasteiger partial charge in [-0.3, -0.25) is 14.4 Å². The summed E-state index contributed by atoms with van der Waals surface area (Å²) in [5.74, 6) is -3.31. The molecule has 0 aliphatic rings. The predicted molar refractivity (Wildman–Crippen MR) is 162 cm³/mol. The summed E-state index contributed by atoms with van der Waals surface area (Å²) in [6.07, 6.45) is 3.42. The number of nitrogens with two attached hydrogens (primary N) is 2. The van der Waals surface area contributed by atoms with Crippen LogP contribution in [0.3, 0.4) is 0 Å². The number of para-hydroxylation sites is 1.